The van der Waals surface area contributed by atoms with Crippen molar-refractivity contribution >= 4 is 17.1 Å². The monoisotopic (exact) mass is 222 g/mol. The van der Waals surface area contributed by atoms with Crippen LogP contribution in [0, 0.1) is 5.92 Å². The zero-order valence-corrected chi connectivity index (χ0v) is 10.3. The summed E-state index contributed by atoms with van der Waals surface area (Å²) in [6.07, 6.45) is 6.29. The Morgan fingerprint density at radius 3 is 2.73 bits per heavy atom. The number of carbonyl (C=O) groups is 1. The number of carbonyl (C=O) groups excluding carboxylic acids is 1. The third kappa shape index (κ3) is 2.31. The van der Waals surface area contributed by atoms with E-state index < -0.39 is 0 Å². The van der Waals surface area contributed by atoms with Crippen LogP contribution >= 0.6 is 11.3 Å². The Morgan fingerprint density at radius 1 is 1.27 bits per heavy atom. The molecule has 0 spiro atoms. The Hall–Kier alpha value is -0.630. The fourth-order valence-corrected chi connectivity index (χ4v) is 3.41. The summed E-state index contributed by atoms with van der Waals surface area (Å²) < 4.78 is 0. The number of fused-ring (bicyclic) bond motifs is 1. The van der Waals surface area contributed by atoms with Crippen LogP contribution in [0.5, 0.6) is 0 Å². The summed E-state index contributed by atoms with van der Waals surface area (Å²) in [6.45, 7) is 3.96. The summed E-state index contributed by atoms with van der Waals surface area (Å²) >= 11 is 1.74. The van der Waals surface area contributed by atoms with E-state index in [2.05, 4.69) is 6.07 Å². The smallest absolute Gasteiger partial charge is 0.175 e. The van der Waals surface area contributed by atoms with E-state index in [4.69, 9.17) is 0 Å². The van der Waals surface area contributed by atoms with Gasteiger partial charge in [-0.15, -0.1) is 11.3 Å². The number of hydrogen-bond donors (Lipinski definition) is 0. The van der Waals surface area contributed by atoms with E-state index in [1.807, 2.05) is 13.8 Å². The highest BCUT2D eigenvalue weighted by atomic mass is 32.1. The highest BCUT2D eigenvalue weighted by Crippen LogP contribution is 2.30. The van der Waals surface area contributed by atoms with Crippen molar-refractivity contribution in [2.75, 3.05) is 0 Å². The van der Waals surface area contributed by atoms with E-state index >= 15 is 0 Å². The molecule has 1 aromatic heterocycles. The number of ketones is 1. The lowest BCUT2D eigenvalue weighted by atomic mass is 10.1. The molecule has 0 aliphatic heterocycles. The molecule has 0 radical (unpaired) electrons. The van der Waals surface area contributed by atoms with Crippen LogP contribution in [-0.2, 0) is 12.8 Å². The molecule has 1 heterocycles. The number of aryl methyl sites for hydroxylation is 2. The van der Waals surface area contributed by atoms with E-state index in [1.54, 1.807) is 11.3 Å². The Labute approximate surface area is 95.5 Å². The van der Waals surface area contributed by atoms with E-state index in [0.717, 1.165) is 4.88 Å². The molecule has 1 aromatic rings. The molecule has 0 atom stereocenters. The predicted molar refractivity (Wildman–Crippen MR) is 64.7 cm³/mol. The van der Waals surface area contributed by atoms with Crippen LogP contribution < -0.4 is 0 Å². The first-order valence-corrected chi connectivity index (χ1v) is 6.66. The minimum atomic E-state index is 0.132. The standard InChI is InChI=1S/C13H18OS/c1-9(2)13(14)12-8-10-6-4-3-5-7-11(10)15-12/h8-9H,3-7H2,1-2H3. The zero-order chi connectivity index (χ0) is 10.8. The van der Waals surface area contributed by atoms with Gasteiger partial charge >= 0.3 is 0 Å². The van der Waals surface area contributed by atoms with Gasteiger partial charge in [0.05, 0.1) is 4.88 Å². The van der Waals surface area contributed by atoms with Gasteiger partial charge in [0.2, 0.25) is 0 Å². The summed E-state index contributed by atoms with van der Waals surface area (Å²) in [6, 6.07) is 2.15. The molecule has 15 heavy (non-hydrogen) atoms. The number of rotatable bonds is 2. The van der Waals surface area contributed by atoms with Crippen LogP contribution in [0.4, 0.5) is 0 Å². The van der Waals surface area contributed by atoms with Gasteiger partial charge in [0, 0.05) is 10.8 Å². The van der Waals surface area contributed by atoms with Crippen molar-refractivity contribution in [3.63, 3.8) is 0 Å². The zero-order valence-electron chi connectivity index (χ0n) is 9.51. The molecule has 0 fully saturated rings. The van der Waals surface area contributed by atoms with E-state index in [0.29, 0.717) is 5.78 Å². The molecule has 0 amide bonds. The molecule has 1 aliphatic rings. The molecule has 0 bridgehead atoms. The van der Waals surface area contributed by atoms with Gasteiger partial charge in [-0.25, -0.2) is 0 Å². The van der Waals surface area contributed by atoms with Crippen molar-refractivity contribution in [2.24, 2.45) is 5.92 Å². The average Bonchev–Trinajstić information content (AvgIpc) is 2.49. The second-order valence-corrected chi connectivity index (χ2v) is 5.78. The van der Waals surface area contributed by atoms with Gasteiger partial charge in [0.1, 0.15) is 0 Å². The second kappa shape index (κ2) is 4.48. The van der Waals surface area contributed by atoms with Crippen LogP contribution in [0.25, 0.3) is 0 Å². The van der Waals surface area contributed by atoms with Crippen molar-refractivity contribution in [1.82, 2.24) is 0 Å². The first-order valence-electron chi connectivity index (χ1n) is 5.84. The van der Waals surface area contributed by atoms with Gasteiger partial charge in [0.15, 0.2) is 5.78 Å². The Morgan fingerprint density at radius 2 is 2.00 bits per heavy atom. The van der Waals surface area contributed by atoms with Crippen molar-refractivity contribution in [3.05, 3.63) is 21.4 Å². The largest absolute Gasteiger partial charge is 0.293 e. The minimum Gasteiger partial charge on any atom is -0.293 e. The third-order valence-electron chi connectivity index (χ3n) is 3.01. The average molecular weight is 222 g/mol. The maximum Gasteiger partial charge on any atom is 0.175 e. The van der Waals surface area contributed by atoms with Crippen LogP contribution in [0.1, 0.15) is 53.2 Å². The first kappa shape index (κ1) is 10.9. The van der Waals surface area contributed by atoms with Gasteiger partial charge in [-0.2, -0.15) is 0 Å². The van der Waals surface area contributed by atoms with Gasteiger partial charge in [0.25, 0.3) is 0 Å². The molecule has 82 valence electrons. The summed E-state index contributed by atoms with van der Waals surface area (Å²) in [5.74, 6) is 0.445. The van der Waals surface area contributed by atoms with Crippen molar-refractivity contribution in [3.8, 4) is 0 Å². The molecule has 0 unspecified atom stereocenters. The van der Waals surface area contributed by atoms with Crippen molar-refractivity contribution in [1.29, 1.82) is 0 Å². The van der Waals surface area contributed by atoms with E-state index in [1.165, 1.54) is 42.5 Å². The maximum absolute atomic E-state index is 11.9. The summed E-state index contributed by atoms with van der Waals surface area (Å²) in [7, 11) is 0. The van der Waals surface area contributed by atoms with Crippen LogP contribution in [0.3, 0.4) is 0 Å². The van der Waals surface area contributed by atoms with Gasteiger partial charge in [-0.05, 0) is 37.3 Å². The maximum atomic E-state index is 11.9. The summed E-state index contributed by atoms with van der Waals surface area (Å²) in [5.41, 5.74) is 1.45. The van der Waals surface area contributed by atoms with Gasteiger partial charge in [-0.1, -0.05) is 20.3 Å². The quantitative estimate of drug-likeness (QED) is 0.548. The molecule has 0 N–H and O–H groups in total. The molecule has 1 nitrogen and oxygen atoms in total. The second-order valence-electron chi connectivity index (χ2n) is 4.64. The van der Waals surface area contributed by atoms with Gasteiger partial charge < -0.3 is 0 Å². The van der Waals surface area contributed by atoms with E-state index in [9.17, 15) is 4.79 Å². The number of Topliss-reactive ketones (excluding diaryl/α,β-unsaturated/α-hetero) is 1. The number of thiophene rings is 1. The molecule has 2 rings (SSSR count). The third-order valence-corrected chi connectivity index (χ3v) is 4.27. The van der Waals surface area contributed by atoms with Crippen molar-refractivity contribution < 1.29 is 4.79 Å². The lowest BCUT2D eigenvalue weighted by Gasteiger charge is -1.99. The topological polar surface area (TPSA) is 17.1 Å². The van der Waals surface area contributed by atoms with Gasteiger partial charge in [-0.3, -0.25) is 4.79 Å². The van der Waals surface area contributed by atoms with Crippen LogP contribution in [0.2, 0.25) is 0 Å². The SMILES string of the molecule is CC(C)C(=O)c1cc2c(s1)CCCCC2. The fourth-order valence-electron chi connectivity index (χ4n) is 2.07. The molecule has 0 aromatic carbocycles. The van der Waals surface area contributed by atoms with E-state index in [-0.39, 0.29) is 5.92 Å². The molecule has 1 aliphatic carbocycles. The fraction of sp³-hybridized carbons (Fsp3) is 0.615. The first-order chi connectivity index (χ1) is 7.18. The summed E-state index contributed by atoms with van der Waals surface area (Å²) in [4.78, 5) is 14.3. The minimum absolute atomic E-state index is 0.132. The molecular formula is C13H18OS. The number of hydrogen-bond acceptors (Lipinski definition) is 2. The molecule has 0 saturated carbocycles. The normalized spacial score (nSPS) is 16.2. The Kier molecular flexibility index (Phi) is 3.25. The lowest BCUT2D eigenvalue weighted by molar-refractivity contribution is 0.0943. The molecular weight excluding hydrogens is 204 g/mol. The Balaban J connectivity index is 2.25. The van der Waals surface area contributed by atoms with Crippen LogP contribution in [-0.4, -0.2) is 5.78 Å². The van der Waals surface area contributed by atoms with Crippen LogP contribution in [0.15, 0.2) is 6.07 Å². The molecule has 2 heteroatoms. The molecule has 0 saturated heterocycles. The highest BCUT2D eigenvalue weighted by Gasteiger charge is 2.17. The van der Waals surface area contributed by atoms with Crippen molar-refractivity contribution in [2.45, 2.75) is 46.0 Å². The lowest BCUT2D eigenvalue weighted by Crippen LogP contribution is -2.04. The predicted octanol–water partition coefficient (Wildman–Crippen LogP) is 3.86. The highest BCUT2D eigenvalue weighted by molar-refractivity contribution is 7.14. The summed E-state index contributed by atoms with van der Waals surface area (Å²) in [5, 5.41) is 0. The Bertz CT molecular complexity index is 339.